The summed E-state index contributed by atoms with van der Waals surface area (Å²) < 4.78 is 0. The number of allylic oxidation sites excluding steroid dienone is 3. The number of hydrogen-bond acceptors (Lipinski definition) is 1. The van der Waals surface area contributed by atoms with Crippen molar-refractivity contribution in [1.29, 1.82) is 0 Å². The molecular weight excluding hydrogens is 136 g/mol. The molecular formula is C10H16O. The van der Waals surface area contributed by atoms with Gasteiger partial charge in [-0.05, 0) is 32.1 Å². The predicted octanol–water partition coefficient (Wildman–Crippen LogP) is 2.73. The summed E-state index contributed by atoms with van der Waals surface area (Å²) in [5.41, 5.74) is 1.35. The Labute approximate surface area is 68.8 Å². The molecule has 1 atom stereocenters. The normalized spacial score (nSPS) is 21.7. The van der Waals surface area contributed by atoms with Crippen molar-refractivity contribution in [3.63, 3.8) is 0 Å². The van der Waals surface area contributed by atoms with Gasteiger partial charge in [0.15, 0.2) is 0 Å². The largest absolute Gasteiger partial charge is 0.307 e. The molecule has 0 unspecified atom stereocenters. The molecule has 0 bridgehead atoms. The molecule has 11 heavy (non-hydrogen) atoms. The average molecular weight is 152 g/mol. The SMILES string of the molecule is C=C(C)[C@@H]1CC=CCC1.C=O. The van der Waals surface area contributed by atoms with Crippen molar-refractivity contribution in [3.8, 4) is 0 Å². The van der Waals surface area contributed by atoms with Gasteiger partial charge in [0.2, 0.25) is 0 Å². The van der Waals surface area contributed by atoms with Gasteiger partial charge in [-0.2, -0.15) is 0 Å². The zero-order chi connectivity index (χ0) is 8.69. The third kappa shape index (κ3) is 3.76. The van der Waals surface area contributed by atoms with Crippen LogP contribution in [0.4, 0.5) is 0 Å². The fourth-order valence-electron chi connectivity index (χ4n) is 1.24. The van der Waals surface area contributed by atoms with Crippen molar-refractivity contribution in [2.45, 2.75) is 26.2 Å². The van der Waals surface area contributed by atoms with Crippen LogP contribution in [0.2, 0.25) is 0 Å². The molecule has 0 aromatic carbocycles. The van der Waals surface area contributed by atoms with Gasteiger partial charge in [0.05, 0.1) is 0 Å². The minimum Gasteiger partial charge on any atom is -0.307 e. The minimum absolute atomic E-state index is 0.773. The molecule has 0 N–H and O–H groups in total. The van der Waals surface area contributed by atoms with E-state index < -0.39 is 0 Å². The quantitative estimate of drug-likeness (QED) is 0.528. The first kappa shape index (κ1) is 10.2. The standard InChI is InChI=1S/C9H14.CH2O/c1-8(2)9-6-4-3-5-7-9;1-2/h3-4,9H,1,5-7H2,2H3;1H2/t9-;/m1./s1. The summed E-state index contributed by atoms with van der Waals surface area (Å²) in [5.74, 6) is 0.773. The van der Waals surface area contributed by atoms with Crippen LogP contribution in [-0.2, 0) is 4.79 Å². The van der Waals surface area contributed by atoms with E-state index in [-0.39, 0.29) is 0 Å². The van der Waals surface area contributed by atoms with Crippen LogP contribution >= 0.6 is 0 Å². The van der Waals surface area contributed by atoms with Crippen molar-refractivity contribution < 1.29 is 4.79 Å². The number of rotatable bonds is 1. The summed E-state index contributed by atoms with van der Waals surface area (Å²) in [6.07, 6.45) is 8.31. The summed E-state index contributed by atoms with van der Waals surface area (Å²) >= 11 is 0. The van der Waals surface area contributed by atoms with Gasteiger partial charge in [-0.15, -0.1) is 0 Å². The van der Waals surface area contributed by atoms with Crippen LogP contribution in [-0.4, -0.2) is 6.79 Å². The van der Waals surface area contributed by atoms with Crippen molar-refractivity contribution in [2.75, 3.05) is 0 Å². The molecule has 0 amide bonds. The fourth-order valence-corrected chi connectivity index (χ4v) is 1.24. The Hall–Kier alpha value is -0.850. The van der Waals surface area contributed by atoms with E-state index >= 15 is 0 Å². The van der Waals surface area contributed by atoms with Gasteiger partial charge in [0.1, 0.15) is 6.79 Å². The molecule has 0 aromatic heterocycles. The first-order valence-corrected chi connectivity index (χ1v) is 3.90. The zero-order valence-corrected chi connectivity index (χ0v) is 7.18. The first-order valence-electron chi connectivity index (χ1n) is 3.90. The summed E-state index contributed by atoms with van der Waals surface area (Å²) in [5, 5.41) is 0. The van der Waals surface area contributed by atoms with E-state index in [0.29, 0.717) is 0 Å². The molecule has 0 heterocycles. The van der Waals surface area contributed by atoms with Crippen molar-refractivity contribution in [2.24, 2.45) is 5.92 Å². The Morgan fingerprint density at radius 1 is 1.45 bits per heavy atom. The second kappa shape index (κ2) is 5.90. The molecule has 0 saturated heterocycles. The van der Waals surface area contributed by atoms with Crippen molar-refractivity contribution >= 4 is 6.79 Å². The van der Waals surface area contributed by atoms with Crippen LogP contribution in [0, 0.1) is 5.92 Å². The number of hydrogen-bond donors (Lipinski definition) is 0. The lowest BCUT2D eigenvalue weighted by Gasteiger charge is -2.16. The lowest BCUT2D eigenvalue weighted by Crippen LogP contribution is -2.02. The molecule has 0 fully saturated rings. The van der Waals surface area contributed by atoms with Gasteiger partial charge in [-0.25, -0.2) is 0 Å². The summed E-state index contributed by atoms with van der Waals surface area (Å²) in [6, 6.07) is 0. The lowest BCUT2D eigenvalue weighted by molar-refractivity contribution is -0.0979. The van der Waals surface area contributed by atoms with Gasteiger partial charge in [-0.3, -0.25) is 0 Å². The van der Waals surface area contributed by atoms with Crippen LogP contribution in [0.25, 0.3) is 0 Å². The maximum atomic E-state index is 8.00. The summed E-state index contributed by atoms with van der Waals surface area (Å²) in [4.78, 5) is 8.00. The molecule has 62 valence electrons. The Morgan fingerprint density at radius 2 is 2.09 bits per heavy atom. The molecule has 0 saturated carbocycles. The van der Waals surface area contributed by atoms with Crippen LogP contribution in [0.15, 0.2) is 24.3 Å². The molecule has 0 radical (unpaired) electrons. The molecule has 1 aliphatic carbocycles. The average Bonchev–Trinajstić information content (AvgIpc) is 2.10. The van der Waals surface area contributed by atoms with Gasteiger partial charge in [-0.1, -0.05) is 24.3 Å². The minimum atomic E-state index is 0.773. The second-order valence-electron chi connectivity index (χ2n) is 2.83. The van der Waals surface area contributed by atoms with Crippen LogP contribution in [0.3, 0.4) is 0 Å². The number of carbonyl (C=O) groups is 1. The number of carbonyl (C=O) groups excluding carboxylic acids is 1. The maximum absolute atomic E-state index is 8.00. The van der Waals surface area contributed by atoms with Gasteiger partial charge < -0.3 is 4.79 Å². The third-order valence-corrected chi connectivity index (χ3v) is 1.97. The highest BCUT2D eigenvalue weighted by atomic mass is 16.1. The maximum Gasteiger partial charge on any atom is 0.106 e. The lowest BCUT2D eigenvalue weighted by atomic mass is 9.89. The fraction of sp³-hybridized carbons (Fsp3) is 0.500. The van der Waals surface area contributed by atoms with Crippen LogP contribution < -0.4 is 0 Å². The van der Waals surface area contributed by atoms with E-state index in [1.807, 2.05) is 6.79 Å². The van der Waals surface area contributed by atoms with Gasteiger partial charge in [0, 0.05) is 0 Å². The second-order valence-corrected chi connectivity index (χ2v) is 2.83. The van der Waals surface area contributed by atoms with E-state index in [0.717, 1.165) is 5.92 Å². The van der Waals surface area contributed by atoms with Gasteiger partial charge in [0.25, 0.3) is 0 Å². The van der Waals surface area contributed by atoms with E-state index in [9.17, 15) is 0 Å². The van der Waals surface area contributed by atoms with Crippen molar-refractivity contribution in [1.82, 2.24) is 0 Å². The smallest absolute Gasteiger partial charge is 0.106 e. The molecule has 1 nitrogen and oxygen atoms in total. The summed E-state index contributed by atoms with van der Waals surface area (Å²) in [7, 11) is 0. The zero-order valence-electron chi connectivity index (χ0n) is 7.18. The predicted molar refractivity (Wildman–Crippen MR) is 48.4 cm³/mol. The first-order chi connectivity index (χ1) is 5.30. The summed E-state index contributed by atoms with van der Waals surface area (Å²) in [6.45, 7) is 8.07. The molecule has 1 aliphatic rings. The highest BCUT2D eigenvalue weighted by molar-refractivity contribution is 5.11. The molecule has 0 spiro atoms. The van der Waals surface area contributed by atoms with Crippen LogP contribution in [0.5, 0.6) is 0 Å². The molecule has 1 rings (SSSR count). The van der Waals surface area contributed by atoms with Crippen LogP contribution in [0.1, 0.15) is 26.2 Å². The van der Waals surface area contributed by atoms with E-state index in [4.69, 9.17) is 4.79 Å². The highest BCUT2D eigenvalue weighted by Gasteiger charge is 2.08. The van der Waals surface area contributed by atoms with Crippen molar-refractivity contribution in [3.05, 3.63) is 24.3 Å². The molecule has 0 aliphatic heterocycles. The topological polar surface area (TPSA) is 17.1 Å². The Morgan fingerprint density at radius 3 is 2.36 bits per heavy atom. The van der Waals surface area contributed by atoms with E-state index in [1.165, 1.54) is 24.8 Å². The molecule has 1 heteroatoms. The Bertz CT molecular complexity index is 147. The van der Waals surface area contributed by atoms with E-state index in [2.05, 4.69) is 25.7 Å². The molecule has 0 aromatic rings. The third-order valence-electron chi connectivity index (χ3n) is 1.97. The van der Waals surface area contributed by atoms with Gasteiger partial charge >= 0.3 is 0 Å². The van der Waals surface area contributed by atoms with E-state index in [1.54, 1.807) is 0 Å². The highest BCUT2D eigenvalue weighted by Crippen LogP contribution is 2.23. The monoisotopic (exact) mass is 152 g/mol. The Balaban J connectivity index is 0.000000461. The Kier molecular flexibility index (Phi) is 5.44.